The average molecular weight is 246 g/mol. The van der Waals surface area contributed by atoms with Crippen LogP contribution in [0.2, 0.25) is 0 Å². The zero-order chi connectivity index (χ0) is 13.8. The van der Waals surface area contributed by atoms with Gasteiger partial charge in [0, 0.05) is 0 Å². The van der Waals surface area contributed by atoms with E-state index in [1.165, 1.54) is 36.8 Å². The predicted octanol–water partition coefficient (Wildman–Crippen LogP) is 6.33. The van der Waals surface area contributed by atoms with Crippen molar-refractivity contribution >= 4 is 5.57 Å². The normalized spacial score (nSPS) is 9.83. The Morgan fingerprint density at radius 2 is 1.56 bits per heavy atom. The van der Waals surface area contributed by atoms with E-state index in [2.05, 4.69) is 46.4 Å². The quantitative estimate of drug-likeness (QED) is 0.550. The molecule has 0 aliphatic heterocycles. The van der Waals surface area contributed by atoms with Gasteiger partial charge in [0.25, 0.3) is 0 Å². The largest absolute Gasteiger partial charge is 0.0952 e. The second-order valence-electron chi connectivity index (χ2n) is 4.79. The van der Waals surface area contributed by atoms with Gasteiger partial charge in [0.05, 0.1) is 0 Å². The summed E-state index contributed by atoms with van der Waals surface area (Å²) >= 11 is 0. The molecule has 1 rings (SSSR count). The molecule has 102 valence electrons. The number of rotatable bonds is 6. The maximum Gasteiger partial charge on any atom is -0.0231 e. The van der Waals surface area contributed by atoms with Gasteiger partial charge in [0.1, 0.15) is 0 Å². The second kappa shape index (κ2) is 11.1. The zero-order valence-electron chi connectivity index (χ0n) is 12.7. The van der Waals surface area contributed by atoms with E-state index in [-0.39, 0.29) is 0 Å². The monoisotopic (exact) mass is 246 g/mol. The lowest BCUT2D eigenvalue weighted by molar-refractivity contribution is 0.451. The summed E-state index contributed by atoms with van der Waals surface area (Å²) in [6.45, 7) is 12.9. The molecule has 0 unspecified atom stereocenters. The van der Waals surface area contributed by atoms with Crippen LogP contribution in [0.3, 0.4) is 0 Å². The SMILES string of the molecule is C=C(CC)c1ccccc1.CCCC(CC)CC. The van der Waals surface area contributed by atoms with Crippen LogP contribution >= 0.6 is 0 Å². The second-order valence-corrected chi connectivity index (χ2v) is 4.79. The lowest BCUT2D eigenvalue weighted by atomic mass is 9.98. The van der Waals surface area contributed by atoms with E-state index >= 15 is 0 Å². The van der Waals surface area contributed by atoms with Gasteiger partial charge in [-0.05, 0) is 23.5 Å². The van der Waals surface area contributed by atoms with Crippen molar-refractivity contribution in [2.75, 3.05) is 0 Å². The Balaban J connectivity index is 0.000000331. The van der Waals surface area contributed by atoms with E-state index in [1.807, 2.05) is 18.2 Å². The highest BCUT2D eigenvalue weighted by Gasteiger charge is 1.98. The van der Waals surface area contributed by atoms with Crippen molar-refractivity contribution in [2.24, 2.45) is 5.92 Å². The van der Waals surface area contributed by atoms with Gasteiger partial charge in [-0.15, -0.1) is 0 Å². The zero-order valence-corrected chi connectivity index (χ0v) is 12.7. The molecule has 0 aliphatic rings. The van der Waals surface area contributed by atoms with Gasteiger partial charge in [-0.25, -0.2) is 0 Å². The summed E-state index contributed by atoms with van der Waals surface area (Å²) in [5.74, 6) is 1.000. The summed E-state index contributed by atoms with van der Waals surface area (Å²) in [5, 5.41) is 0. The molecule has 0 bridgehead atoms. The Morgan fingerprint density at radius 3 is 1.89 bits per heavy atom. The molecule has 0 aliphatic carbocycles. The fraction of sp³-hybridized carbons (Fsp3) is 0.556. The van der Waals surface area contributed by atoms with Crippen molar-refractivity contribution in [3.63, 3.8) is 0 Å². The average Bonchev–Trinajstić information content (AvgIpc) is 2.45. The predicted molar refractivity (Wildman–Crippen MR) is 84.7 cm³/mol. The molecule has 0 saturated heterocycles. The van der Waals surface area contributed by atoms with E-state index in [0.29, 0.717) is 0 Å². The molecule has 0 radical (unpaired) electrons. The minimum Gasteiger partial charge on any atom is -0.0952 e. The number of allylic oxidation sites excluding steroid dienone is 1. The third kappa shape index (κ3) is 7.32. The number of hydrogen-bond donors (Lipinski definition) is 0. The Bertz CT molecular complexity index is 293. The van der Waals surface area contributed by atoms with Crippen molar-refractivity contribution in [1.82, 2.24) is 0 Å². The van der Waals surface area contributed by atoms with E-state index < -0.39 is 0 Å². The molecule has 0 N–H and O–H groups in total. The van der Waals surface area contributed by atoms with Crippen molar-refractivity contribution < 1.29 is 0 Å². The van der Waals surface area contributed by atoms with Crippen molar-refractivity contribution in [1.29, 1.82) is 0 Å². The first-order chi connectivity index (χ1) is 8.69. The smallest absolute Gasteiger partial charge is 0.0231 e. The van der Waals surface area contributed by atoms with Gasteiger partial charge in [-0.3, -0.25) is 0 Å². The fourth-order valence-corrected chi connectivity index (χ4v) is 1.98. The van der Waals surface area contributed by atoms with E-state index in [0.717, 1.165) is 12.3 Å². The molecule has 0 aromatic heterocycles. The molecular weight excluding hydrogens is 216 g/mol. The van der Waals surface area contributed by atoms with Crippen LogP contribution in [0.5, 0.6) is 0 Å². The summed E-state index contributed by atoms with van der Waals surface area (Å²) in [6.07, 6.45) is 6.54. The Hall–Kier alpha value is -1.04. The van der Waals surface area contributed by atoms with E-state index in [4.69, 9.17) is 0 Å². The van der Waals surface area contributed by atoms with Crippen molar-refractivity contribution in [3.8, 4) is 0 Å². The third-order valence-corrected chi connectivity index (χ3v) is 3.46. The Labute approximate surface area is 114 Å². The van der Waals surface area contributed by atoms with Gasteiger partial charge < -0.3 is 0 Å². The summed E-state index contributed by atoms with van der Waals surface area (Å²) in [4.78, 5) is 0. The molecular formula is C18H30. The molecule has 0 amide bonds. The van der Waals surface area contributed by atoms with Gasteiger partial charge in [0.2, 0.25) is 0 Å². The third-order valence-electron chi connectivity index (χ3n) is 3.46. The first kappa shape index (κ1) is 17.0. The molecule has 1 aromatic carbocycles. The first-order valence-electron chi connectivity index (χ1n) is 7.42. The molecule has 0 atom stereocenters. The number of hydrogen-bond acceptors (Lipinski definition) is 0. The van der Waals surface area contributed by atoms with Crippen LogP contribution in [-0.2, 0) is 0 Å². The van der Waals surface area contributed by atoms with Gasteiger partial charge in [-0.1, -0.05) is 90.3 Å². The van der Waals surface area contributed by atoms with Gasteiger partial charge in [-0.2, -0.15) is 0 Å². The Morgan fingerprint density at radius 1 is 1.00 bits per heavy atom. The van der Waals surface area contributed by atoms with Gasteiger partial charge in [0.15, 0.2) is 0 Å². The van der Waals surface area contributed by atoms with Crippen LogP contribution in [0.15, 0.2) is 36.9 Å². The van der Waals surface area contributed by atoms with Crippen LogP contribution in [0.1, 0.15) is 65.4 Å². The van der Waals surface area contributed by atoms with E-state index in [9.17, 15) is 0 Å². The molecule has 0 fully saturated rings. The summed E-state index contributed by atoms with van der Waals surface area (Å²) < 4.78 is 0. The highest BCUT2D eigenvalue weighted by molar-refractivity contribution is 5.62. The molecule has 1 aromatic rings. The topological polar surface area (TPSA) is 0 Å². The minimum absolute atomic E-state index is 1.000. The lowest BCUT2D eigenvalue weighted by Gasteiger charge is -2.08. The summed E-state index contributed by atoms with van der Waals surface area (Å²) in [7, 11) is 0. The van der Waals surface area contributed by atoms with Crippen LogP contribution in [-0.4, -0.2) is 0 Å². The lowest BCUT2D eigenvalue weighted by Crippen LogP contribution is -1.94. The highest BCUT2D eigenvalue weighted by Crippen LogP contribution is 2.14. The summed E-state index contributed by atoms with van der Waals surface area (Å²) in [6, 6.07) is 10.3. The molecule has 0 nitrogen and oxygen atoms in total. The fourth-order valence-electron chi connectivity index (χ4n) is 1.98. The standard InChI is InChI=1S/C10H12.C8H18/c1-3-9(2)10-7-5-4-6-8-10;1-4-7-8(5-2)6-3/h4-8H,2-3H2,1H3;8H,4-7H2,1-3H3. The van der Waals surface area contributed by atoms with Crippen LogP contribution in [0.4, 0.5) is 0 Å². The molecule has 18 heavy (non-hydrogen) atoms. The molecule has 0 heteroatoms. The van der Waals surface area contributed by atoms with Crippen LogP contribution in [0.25, 0.3) is 5.57 Å². The van der Waals surface area contributed by atoms with Gasteiger partial charge >= 0.3 is 0 Å². The van der Waals surface area contributed by atoms with Crippen molar-refractivity contribution in [3.05, 3.63) is 42.5 Å². The highest BCUT2D eigenvalue weighted by atomic mass is 14.0. The maximum absolute atomic E-state index is 3.94. The van der Waals surface area contributed by atoms with Crippen LogP contribution < -0.4 is 0 Å². The summed E-state index contributed by atoms with van der Waals surface area (Å²) in [5.41, 5.74) is 2.46. The molecule has 0 saturated carbocycles. The Kier molecular flexibility index (Phi) is 10.4. The maximum atomic E-state index is 3.94. The van der Waals surface area contributed by atoms with E-state index in [1.54, 1.807) is 0 Å². The first-order valence-corrected chi connectivity index (χ1v) is 7.42. The van der Waals surface area contributed by atoms with Crippen LogP contribution in [0, 0.1) is 5.92 Å². The minimum atomic E-state index is 1.000. The van der Waals surface area contributed by atoms with Crippen molar-refractivity contribution in [2.45, 2.75) is 59.8 Å². The molecule has 0 heterocycles. The molecule has 0 spiro atoms. The number of benzene rings is 1.